The number of fused-ring (bicyclic) bond motifs is 3. The number of thiazole rings is 1. The van der Waals surface area contributed by atoms with Crippen molar-refractivity contribution in [1.82, 2.24) is 4.98 Å². The van der Waals surface area contributed by atoms with Crippen LogP contribution in [0.25, 0.3) is 11.1 Å². The monoisotopic (exact) mass is 464 g/mol. The summed E-state index contributed by atoms with van der Waals surface area (Å²) in [6.07, 6.45) is 4.46. The van der Waals surface area contributed by atoms with E-state index >= 15 is 0 Å². The minimum atomic E-state index is 0.260. The molecule has 0 bridgehead atoms. The quantitative estimate of drug-likeness (QED) is 0.257. The van der Waals surface area contributed by atoms with Gasteiger partial charge in [0.15, 0.2) is 0 Å². The summed E-state index contributed by atoms with van der Waals surface area (Å²) in [6, 6.07) is 15.2. The number of aromatic nitrogens is 1. The molecule has 0 radical (unpaired) electrons. The van der Waals surface area contributed by atoms with Crippen molar-refractivity contribution in [2.45, 2.75) is 74.1 Å². The van der Waals surface area contributed by atoms with E-state index in [0.717, 1.165) is 29.1 Å². The summed E-state index contributed by atoms with van der Waals surface area (Å²) in [6.45, 7) is 14.8. The molecule has 0 unspecified atom stereocenters. The van der Waals surface area contributed by atoms with Crippen LogP contribution in [-0.2, 0) is 17.7 Å². The van der Waals surface area contributed by atoms with E-state index in [-0.39, 0.29) is 5.41 Å². The average molecular weight is 465 g/mol. The Hall–Kier alpha value is -2.46. The van der Waals surface area contributed by atoms with Gasteiger partial charge in [-0.3, -0.25) is 0 Å². The highest BCUT2D eigenvalue weighted by atomic mass is 32.1. The van der Waals surface area contributed by atoms with Crippen LogP contribution in [0.4, 0.5) is 0 Å². The topological polar surface area (TPSA) is 34.5 Å². The molecule has 33 heavy (non-hydrogen) atoms. The fourth-order valence-corrected chi connectivity index (χ4v) is 4.89. The third-order valence-corrected chi connectivity index (χ3v) is 6.46. The van der Waals surface area contributed by atoms with Crippen LogP contribution in [0.1, 0.15) is 81.8 Å². The zero-order chi connectivity index (χ0) is 24.4. The molecule has 1 heterocycles. The molecule has 2 aromatic carbocycles. The van der Waals surface area contributed by atoms with Gasteiger partial charge in [0.2, 0.25) is 0 Å². The first kappa shape index (κ1) is 26.8. The summed E-state index contributed by atoms with van der Waals surface area (Å²) in [5.41, 5.74) is 8.62. The molecular weight excluding hydrogens is 424 g/mol. The first-order chi connectivity index (χ1) is 16.0. The van der Waals surface area contributed by atoms with Gasteiger partial charge in [0.05, 0.1) is 10.7 Å². The molecule has 0 spiro atoms. The molecule has 0 atom stereocenters. The lowest BCUT2D eigenvalue weighted by atomic mass is 9.82. The van der Waals surface area contributed by atoms with Gasteiger partial charge < -0.3 is 4.84 Å². The molecule has 178 valence electrons. The number of aryl methyl sites for hydroxylation is 2. The van der Waals surface area contributed by atoms with E-state index in [1.54, 1.807) is 18.4 Å². The third-order valence-electron chi connectivity index (χ3n) is 5.64. The van der Waals surface area contributed by atoms with Gasteiger partial charge in [-0.15, -0.1) is 11.3 Å². The van der Waals surface area contributed by atoms with Crippen molar-refractivity contribution in [2.75, 3.05) is 7.11 Å². The van der Waals surface area contributed by atoms with Crippen LogP contribution in [0.5, 0.6) is 0 Å². The molecule has 1 aliphatic rings. The first-order valence-corrected chi connectivity index (χ1v) is 13.1. The molecule has 0 saturated heterocycles. The van der Waals surface area contributed by atoms with E-state index in [2.05, 4.69) is 78.8 Å². The van der Waals surface area contributed by atoms with Crippen LogP contribution in [-0.4, -0.2) is 17.8 Å². The van der Waals surface area contributed by atoms with E-state index in [1.165, 1.54) is 40.8 Å². The molecule has 1 aromatic heterocycles. The number of hydrogen-bond acceptors (Lipinski definition) is 4. The van der Waals surface area contributed by atoms with Crippen molar-refractivity contribution in [2.24, 2.45) is 10.6 Å². The second-order valence-corrected chi connectivity index (χ2v) is 9.66. The Balaban J connectivity index is 0.000000914. The van der Waals surface area contributed by atoms with Gasteiger partial charge in [-0.25, -0.2) is 4.98 Å². The van der Waals surface area contributed by atoms with Crippen molar-refractivity contribution >= 4 is 17.0 Å². The highest BCUT2D eigenvalue weighted by Gasteiger charge is 2.25. The summed E-state index contributed by atoms with van der Waals surface area (Å²) in [7, 11) is 1.61. The largest absolute Gasteiger partial charge is 0.399 e. The lowest BCUT2D eigenvalue weighted by Gasteiger charge is -2.23. The second-order valence-electron chi connectivity index (χ2n) is 8.60. The Labute approximate surface area is 204 Å². The maximum atomic E-state index is 5.15. The Morgan fingerprint density at radius 2 is 1.61 bits per heavy atom. The summed E-state index contributed by atoms with van der Waals surface area (Å²) < 4.78 is 0. The Bertz CT molecular complexity index is 1050. The maximum Gasteiger partial charge on any atom is 0.118 e. The Morgan fingerprint density at radius 3 is 2.24 bits per heavy atom. The van der Waals surface area contributed by atoms with Gasteiger partial charge >= 0.3 is 0 Å². The number of nitrogens with zero attached hydrogens (tertiary/aromatic N) is 2. The number of hydrogen-bond donors (Lipinski definition) is 0. The van der Waals surface area contributed by atoms with Crippen molar-refractivity contribution in [1.29, 1.82) is 0 Å². The fourth-order valence-electron chi connectivity index (χ4n) is 4.28. The standard InChI is InChI=1S/C25H28N2OS.2C2H6/c1-17-26-19(16-29-17)15-25(2,3)13-7-8-18-11-12-21-20-9-5-6-10-22(20)24(27-28-4)23(21)14-18;2*1-2/h5-6,9-12,14,16H,7-8,13,15H2,1-4H3;2*1-2H3/b27-24-;;. The summed E-state index contributed by atoms with van der Waals surface area (Å²) >= 11 is 1.74. The first-order valence-electron chi connectivity index (χ1n) is 12.2. The number of benzene rings is 2. The zero-order valence-corrected chi connectivity index (χ0v) is 22.5. The molecule has 4 heteroatoms. The summed E-state index contributed by atoms with van der Waals surface area (Å²) in [5.74, 6) is 0. The highest BCUT2D eigenvalue weighted by molar-refractivity contribution is 7.09. The van der Waals surface area contributed by atoms with Crippen LogP contribution in [0.2, 0.25) is 0 Å². The molecule has 3 aromatic rings. The molecule has 3 nitrogen and oxygen atoms in total. The highest BCUT2D eigenvalue weighted by Crippen LogP contribution is 2.38. The van der Waals surface area contributed by atoms with E-state index in [1.807, 2.05) is 27.7 Å². The van der Waals surface area contributed by atoms with Crippen LogP contribution in [0.3, 0.4) is 0 Å². The van der Waals surface area contributed by atoms with Gasteiger partial charge in [-0.05, 0) is 60.8 Å². The smallest absolute Gasteiger partial charge is 0.118 e. The van der Waals surface area contributed by atoms with Gasteiger partial charge in [-0.2, -0.15) is 0 Å². The minimum Gasteiger partial charge on any atom is -0.399 e. The Kier molecular flexibility index (Phi) is 10.3. The minimum absolute atomic E-state index is 0.260. The number of rotatable bonds is 7. The van der Waals surface area contributed by atoms with Crippen molar-refractivity contribution < 1.29 is 4.84 Å². The summed E-state index contributed by atoms with van der Waals surface area (Å²) in [5, 5.41) is 7.68. The Morgan fingerprint density at radius 1 is 0.939 bits per heavy atom. The van der Waals surface area contributed by atoms with Crippen LogP contribution >= 0.6 is 11.3 Å². The van der Waals surface area contributed by atoms with E-state index in [0.29, 0.717) is 0 Å². The third kappa shape index (κ3) is 6.77. The normalized spacial score (nSPS) is 12.8. The van der Waals surface area contributed by atoms with Gasteiger partial charge in [-0.1, -0.05) is 83.1 Å². The van der Waals surface area contributed by atoms with Crippen LogP contribution in [0.15, 0.2) is 53.0 Å². The fraction of sp³-hybridized carbons (Fsp3) is 0.448. The lowest BCUT2D eigenvalue weighted by molar-refractivity contribution is 0.214. The van der Waals surface area contributed by atoms with Gasteiger partial charge in [0, 0.05) is 16.5 Å². The molecule has 0 aliphatic heterocycles. The van der Waals surface area contributed by atoms with Crippen molar-refractivity contribution in [3.63, 3.8) is 0 Å². The maximum absolute atomic E-state index is 5.15. The van der Waals surface area contributed by atoms with Crippen LogP contribution < -0.4 is 0 Å². The van der Waals surface area contributed by atoms with Gasteiger partial charge in [0.25, 0.3) is 0 Å². The number of oxime groups is 1. The zero-order valence-electron chi connectivity index (χ0n) is 21.7. The van der Waals surface area contributed by atoms with E-state index < -0.39 is 0 Å². The molecule has 4 rings (SSSR count). The SMILES string of the molecule is CC.CC.CO/N=C1/c2ccccc2-c2ccc(CCCC(C)(C)Cc3csc(C)n3)cc21. The molecule has 0 saturated carbocycles. The summed E-state index contributed by atoms with van der Waals surface area (Å²) in [4.78, 5) is 9.79. The molecule has 0 fully saturated rings. The molecular formula is C29H40N2OS. The lowest BCUT2D eigenvalue weighted by Crippen LogP contribution is -2.15. The van der Waals surface area contributed by atoms with Crippen molar-refractivity contribution in [3.8, 4) is 11.1 Å². The van der Waals surface area contributed by atoms with E-state index in [9.17, 15) is 0 Å². The van der Waals surface area contributed by atoms with Gasteiger partial charge in [0.1, 0.15) is 12.8 Å². The van der Waals surface area contributed by atoms with E-state index in [4.69, 9.17) is 4.84 Å². The van der Waals surface area contributed by atoms with Crippen molar-refractivity contribution in [3.05, 3.63) is 75.2 Å². The predicted molar refractivity (Wildman–Crippen MR) is 144 cm³/mol. The second kappa shape index (κ2) is 12.7. The average Bonchev–Trinajstić information content (AvgIpc) is 3.37. The van der Waals surface area contributed by atoms with Crippen LogP contribution in [0, 0.1) is 12.3 Å². The molecule has 0 amide bonds. The molecule has 0 N–H and O–H groups in total. The molecule has 1 aliphatic carbocycles. The predicted octanol–water partition coefficient (Wildman–Crippen LogP) is 8.47.